The lowest BCUT2D eigenvalue weighted by Gasteiger charge is -2.16. The molecule has 4 nitrogen and oxygen atoms in total. The predicted molar refractivity (Wildman–Crippen MR) is 90.9 cm³/mol. The Balaban J connectivity index is 2.09. The Kier molecular flexibility index (Phi) is 3.98. The molecular weight excluding hydrogens is 296 g/mol. The normalized spacial score (nSPS) is 11.0. The van der Waals surface area contributed by atoms with Crippen LogP contribution in [0.5, 0.6) is 5.75 Å². The first kappa shape index (κ1) is 14.8. The van der Waals surface area contributed by atoms with Crippen LogP contribution in [-0.4, -0.2) is 36.0 Å². The van der Waals surface area contributed by atoms with Gasteiger partial charge in [0.25, 0.3) is 5.91 Å². The van der Waals surface area contributed by atoms with Crippen LogP contribution in [-0.2, 0) is 0 Å². The highest BCUT2D eigenvalue weighted by atomic mass is 32.1. The summed E-state index contributed by atoms with van der Waals surface area (Å²) in [5.41, 5.74) is 0.914. The van der Waals surface area contributed by atoms with Crippen LogP contribution in [0.25, 0.3) is 21.1 Å². The van der Waals surface area contributed by atoms with E-state index in [-0.39, 0.29) is 5.91 Å². The van der Waals surface area contributed by atoms with Gasteiger partial charge in [0.2, 0.25) is 0 Å². The largest absolute Gasteiger partial charge is 0.497 e. The molecule has 0 fully saturated rings. The summed E-state index contributed by atoms with van der Waals surface area (Å²) in [7, 11) is 1.65. The molecule has 114 valence electrons. The van der Waals surface area contributed by atoms with Gasteiger partial charge in [-0.2, -0.15) is 0 Å². The third-order valence-corrected chi connectivity index (χ3v) is 4.80. The number of thiophene rings is 1. The number of methoxy groups -OCH3 is 1. The lowest BCUT2D eigenvalue weighted by molar-refractivity contribution is 0.0778. The van der Waals surface area contributed by atoms with Gasteiger partial charge < -0.3 is 9.64 Å². The molecule has 0 spiro atoms. The number of ether oxygens (including phenoxy) is 1. The number of carbonyl (C=O) groups is 1. The zero-order chi connectivity index (χ0) is 15.7. The molecule has 0 N–H and O–H groups in total. The maximum absolute atomic E-state index is 12.5. The Morgan fingerprint density at radius 3 is 2.64 bits per heavy atom. The number of rotatable bonds is 4. The van der Waals surface area contributed by atoms with Crippen molar-refractivity contribution in [3.63, 3.8) is 0 Å². The summed E-state index contributed by atoms with van der Waals surface area (Å²) in [5.74, 6) is 0.887. The van der Waals surface area contributed by atoms with Gasteiger partial charge in [0.1, 0.15) is 10.6 Å². The molecular formula is C17H18N2O2S. The van der Waals surface area contributed by atoms with Crippen molar-refractivity contribution in [1.82, 2.24) is 9.88 Å². The zero-order valence-electron chi connectivity index (χ0n) is 12.9. The number of hydrogen-bond donors (Lipinski definition) is 0. The van der Waals surface area contributed by atoms with Crippen LogP contribution in [0, 0.1) is 0 Å². The fourth-order valence-electron chi connectivity index (χ4n) is 2.51. The van der Waals surface area contributed by atoms with E-state index in [9.17, 15) is 4.79 Å². The summed E-state index contributed by atoms with van der Waals surface area (Å²) in [4.78, 5) is 20.6. The van der Waals surface area contributed by atoms with E-state index in [1.54, 1.807) is 7.11 Å². The van der Waals surface area contributed by atoms with Gasteiger partial charge in [-0.05, 0) is 44.2 Å². The van der Waals surface area contributed by atoms with Crippen molar-refractivity contribution < 1.29 is 9.53 Å². The average Bonchev–Trinajstić information content (AvgIpc) is 2.95. The first-order chi connectivity index (χ1) is 10.7. The number of pyridine rings is 1. The highest BCUT2D eigenvalue weighted by Crippen LogP contribution is 2.29. The SMILES string of the molecule is CCN(CC)C(=O)c1cc2cc3cc(OC)ccc3nc2s1. The molecule has 0 saturated heterocycles. The van der Waals surface area contributed by atoms with Crippen LogP contribution in [0.4, 0.5) is 0 Å². The molecule has 0 saturated carbocycles. The van der Waals surface area contributed by atoms with Crippen molar-refractivity contribution in [2.45, 2.75) is 13.8 Å². The van der Waals surface area contributed by atoms with Gasteiger partial charge in [-0.15, -0.1) is 11.3 Å². The second kappa shape index (κ2) is 5.93. The number of benzene rings is 1. The molecule has 0 aliphatic heterocycles. The molecule has 1 amide bonds. The van der Waals surface area contributed by atoms with Crippen LogP contribution in [0.3, 0.4) is 0 Å². The number of nitrogens with zero attached hydrogens (tertiary/aromatic N) is 2. The number of carbonyl (C=O) groups excluding carboxylic acids is 1. The lowest BCUT2D eigenvalue weighted by atomic mass is 10.2. The Labute approximate surface area is 133 Å². The third-order valence-electron chi connectivity index (χ3n) is 3.77. The van der Waals surface area contributed by atoms with Gasteiger partial charge in [-0.25, -0.2) is 4.98 Å². The topological polar surface area (TPSA) is 42.4 Å². The molecule has 2 aromatic heterocycles. The third kappa shape index (κ3) is 2.52. The highest BCUT2D eigenvalue weighted by Gasteiger charge is 2.16. The van der Waals surface area contributed by atoms with Crippen LogP contribution < -0.4 is 4.74 Å². The van der Waals surface area contributed by atoms with E-state index >= 15 is 0 Å². The fourth-order valence-corrected chi connectivity index (χ4v) is 3.50. The summed E-state index contributed by atoms with van der Waals surface area (Å²) in [6.45, 7) is 5.42. The molecule has 0 aliphatic carbocycles. The second-order valence-electron chi connectivity index (χ2n) is 5.03. The summed E-state index contributed by atoms with van der Waals surface area (Å²) >= 11 is 1.46. The Hall–Kier alpha value is -2.14. The van der Waals surface area contributed by atoms with Gasteiger partial charge in [0, 0.05) is 23.9 Å². The summed E-state index contributed by atoms with van der Waals surface area (Å²) in [6.07, 6.45) is 0. The van der Waals surface area contributed by atoms with E-state index in [1.807, 2.05) is 43.0 Å². The lowest BCUT2D eigenvalue weighted by Crippen LogP contribution is -2.29. The van der Waals surface area contributed by atoms with E-state index < -0.39 is 0 Å². The van der Waals surface area contributed by atoms with E-state index in [0.717, 1.165) is 44.8 Å². The molecule has 0 aliphatic rings. The van der Waals surface area contributed by atoms with Crippen molar-refractivity contribution in [3.8, 4) is 5.75 Å². The van der Waals surface area contributed by atoms with Crippen molar-refractivity contribution in [1.29, 1.82) is 0 Å². The minimum atomic E-state index is 0.0784. The highest BCUT2D eigenvalue weighted by molar-refractivity contribution is 7.20. The van der Waals surface area contributed by atoms with Gasteiger partial charge >= 0.3 is 0 Å². The summed E-state index contributed by atoms with van der Waals surface area (Å²) < 4.78 is 5.25. The minimum Gasteiger partial charge on any atom is -0.497 e. The Bertz CT molecular complexity index is 837. The minimum absolute atomic E-state index is 0.0784. The first-order valence-corrected chi connectivity index (χ1v) is 8.15. The molecule has 0 radical (unpaired) electrons. The van der Waals surface area contributed by atoms with Crippen molar-refractivity contribution in [3.05, 3.63) is 35.2 Å². The van der Waals surface area contributed by atoms with Crippen molar-refractivity contribution >= 4 is 38.4 Å². The number of fused-ring (bicyclic) bond motifs is 2. The molecule has 3 aromatic rings. The number of amides is 1. The number of aromatic nitrogens is 1. The zero-order valence-corrected chi connectivity index (χ0v) is 13.7. The van der Waals surface area contributed by atoms with E-state index in [2.05, 4.69) is 11.1 Å². The van der Waals surface area contributed by atoms with Crippen LogP contribution in [0.1, 0.15) is 23.5 Å². The molecule has 3 rings (SSSR count). The van der Waals surface area contributed by atoms with Gasteiger partial charge in [-0.3, -0.25) is 4.79 Å². The molecule has 22 heavy (non-hydrogen) atoms. The Morgan fingerprint density at radius 1 is 1.18 bits per heavy atom. The molecule has 0 atom stereocenters. The summed E-state index contributed by atoms with van der Waals surface area (Å²) in [5, 5.41) is 2.02. The standard InChI is InChI=1S/C17H18N2O2S/c1-4-19(5-2)17(20)15-10-12-8-11-9-13(21-3)6-7-14(11)18-16(12)22-15/h6-10H,4-5H2,1-3H3. The van der Waals surface area contributed by atoms with Crippen LogP contribution >= 0.6 is 11.3 Å². The molecule has 0 bridgehead atoms. The smallest absolute Gasteiger partial charge is 0.264 e. The fraction of sp³-hybridized carbons (Fsp3) is 0.294. The van der Waals surface area contributed by atoms with E-state index in [1.165, 1.54) is 11.3 Å². The average molecular weight is 314 g/mol. The summed E-state index contributed by atoms with van der Waals surface area (Å²) in [6, 6.07) is 9.81. The molecule has 2 heterocycles. The molecule has 1 aromatic carbocycles. The monoisotopic (exact) mass is 314 g/mol. The predicted octanol–water partition coefficient (Wildman–Crippen LogP) is 3.94. The van der Waals surface area contributed by atoms with Gasteiger partial charge in [0.05, 0.1) is 17.5 Å². The second-order valence-corrected chi connectivity index (χ2v) is 6.06. The van der Waals surface area contributed by atoms with Crippen molar-refractivity contribution in [2.75, 3.05) is 20.2 Å². The maximum Gasteiger partial charge on any atom is 0.264 e. The Morgan fingerprint density at radius 2 is 1.95 bits per heavy atom. The first-order valence-electron chi connectivity index (χ1n) is 7.33. The van der Waals surface area contributed by atoms with E-state index in [0.29, 0.717) is 0 Å². The number of hydrogen-bond acceptors (Lipinski definition) is 4. The molecule has 5 heteroatoms. The van der Waals surface area contributed by atoms with Gasteiger partial charge in [0.15, 0.2) is 0 Å². The van der Waals surface area contributed by atoms with Gasteiger partial charge in [-0.1, -0.05) is 0 Å². The van der Waals surface area contributed by atoms with Crippen LogP contribution in [0.15, 0.2) is 30.3 Å². The maximum atomic E-state index is 12.5. The molecule has 0 unspecified atom stereocenters. The van der Waals surface area contributed by atoms with Crippen LogP contribution in [0.2, 0.25) is 0 Å². The van der Waals surface area contributed by atoms with E-state index in [4.69, 9.17) is 4.74 Å². The quantitative estimate of drug-likeness (QED) is 0.732. The van der Waals surface area contributed by atoms with Crippen molar-refractivity contribution in [2.24, 2.45) is 0 Å².